The lowest BCUT2D eigenvalue weighted by atomic mass is 9.82. The van der Waals surface area contributed by atoms with Crippen LogP contribution in [-0.4, -0.2) is 19.0 Å². The molecule has 100 valence electrons. The zero-order valence-electron chi connectivity index (χ0n) is 11.6. The number of hydrogen-bond acceptors (Lipinski definition) is 2. The third-order valence-electron chi connectivity index (χ3n) is 4.47. The van der Waals surface area contributed by atoms with Crippen LogP contribution < -0.4 is 11.1 Å². The lowest BCUT2D eigenvalue weighted by molar-refractivity contribution is -0.130. The summed E-state index contributed by atoms with van der Waals surface area (Å²) in [6.07, 6.45) is 5.93. The van der Waals surface area contributed by atoms with Gasteiger partial charge < -0.3 is 11.1 Å². The normalized spacial score (nSPS) is 28.5. The number of amides is 1. The Kier molecular flexibility index (Phi) is 5.44. The Morgan fingerprint density at radius 1 is 1.35 bits per heavy atom. The largest absolute Gasteiger partial charge is 0.355 e. The summed E-state index contributed by atoms with van der Waals surface area (Å²) in [6.45, 7) is 7.55. The van der Waals surface area contributed by atoms with Gasteiger partial charge in [0.1, 0.15) is 0 Å². The second-order valence-electron chi connectivity index (χ2n) is 5.95. The minimum absolute atomic E-state index is 0.126. The van der Waals surface area contributed by atoms with E-state index in [1.165, 1.54) is 25.7 Å². The molecule has 1 rings (SSSR count). The van der Waals surface area contributed by atoms with Crippen LogP contribution in [0.15, 0.2) is 0 Å². The molecule has 0 aromatic heterocycles. The Hall–Kier alpha value is -0.570. The van der Waals surface area contributed by atoms with Crippen molar-refractivity contribution in [2.24, 2.45) is 23.0 Å². The lowest BCUT2D eigenvalue weighted by Gasteiger charge is -2.29. The third kappa shape index (κ3) is 3.98. The molecule has 3 N–H and O–H groups in total. The fraction of sp³-hybridized carbons (Fsp3) is 0.929. The third-order valence-corrected chi connectivity index (χ3v) is 4.47. The maximum atomic E-state index is 12.0. The van der Waals surface area contributed by atoms with Gasteiger partial charge in [-0.15, -0.1) is 0 Å². The van der Waals surface area contributed by atoms with E-state index in [1.807, 2.05) is 13.8 Å². The molecule has 1 saturated carbocycles. The van der Waals surface area contributed by atoms with E-state index in [9.17, 15) is 4.79 Å². The van der Waals surface area contributed by atoms with E-state index in [-0.39, 0.29) is 11.3 Å². The molecule has 0 aromatic rings. The van der Waals surface area contributed by atoms with Gasteiger partial charge in [0.15, 0.2) is 0 Å². The van der Waals surface area contributed by atoms with E-state index < -0.39 is 0 Å². The highest BCUT2D eigenvalue weighted by molar-refractivity contribution is 5.82. The van der Waals surface area contributed by atoms with Crippen LogP contribution in [0.25, 0.3) is 0 Å². The molecule has 0 spiro atoms. The fourth-order valence-electron chi connectivity index (χ4n) is 2.38. The molecule has 1 aliphatic rings. The molecular formula is C14H28N2O. The van der Waals surface area contributed by atoms with Crippen molar-refractivity contribution in [3.8, 4) is 0 Å². The Bertz CT molecular complexity index is 241. The van der Waals surface area contributed by atoms with E-state index in [0.717, 1.165) is 18.9 Å². The average Bonchev–Trinajstić information content (AvgIpc) is 2.36. The van der Waals surface area contributed by atoms with Gasteiger partial charge in [0, 0.05) is 13.1 Å². The molecule has 3 nitrogen and oxygen atoms in total. The van der Waals surface area contributed by atoms with E-state index >= 15 is 0 Å². The van der Waals surface area contributed by atoms with Crippen molar-refractivity contribution in [2.75, 3.05) is 13.1 Å². The second kappa shape index (κ2) is 6.39. The first-order valence-corrected chi connectivity index (χ1v) is 7.00. The van der Waals surface area contributed by atoms with Crippen LogP contribution in [0.4, 0.5) is 0 Å². The summed E-state index contributed by atoms with van der Waals surface area (Å²) in [5.74, 6) is 1.67. The van der Waals surface area contributed by atoms with Gasteiger partial charge in [-0.05, 0) is 38.0 Å². The number of rotatable bonds is 5. The van der Waals surface area contributed by atoms with Gasteiger partial charge in [-0.1, -0.05) is 26.7 Å². The highest BCUT2D eigenvalue weighted by Crippen LogP contribution is 2.28. The van der Waals surface area contributed by atoms with Gasteiger partial charge in [0.25, 0.3) is 0 Å². The van der Waals surface area contributed by atoms with Crippen molar-refractivity contribution in [1.82, 2.24) is 5.32 Å². The van der Waals surface area contributed by atoms with E-state index in [1.54, 1.807) is 0 Å². The fourth-order valence-corrected chi connectivity index (χ4v) is 2.38. The molecule has 17 heavy (non-hydrogen) atoms. The number of nitrogens with one attached hydrogen (secondary N) is 1. The van der Waals surface area contributed by atoms with Gasteiger partial charge in [-0.3, -0.25) is 4.79 Å². The van der Waals surface area contributed by atoms with E-state index in [2.05, 4.69) is 12.2 Å². The summed E-state index contributed by atoms with van der Waals surface area (Å²) in [7, 11) is 0. The van der Waals surface area contributed by atoms with Crippen molar-refractivity contribution >= 4 is 5.91 Å². The maximum absolute atomic E-state index is 12.0. The quantitative estimate of drug-likeness (QED) is 0.774. The van der Waals surface area contributed by atoms with Crippen molar-refractivity contribution in [2.45, 2.75) is 52.9 Å². The van der Waals surface area contributed by atoms with Gasteiger partial charge in [0.05, 0.1) is 5.41 Å². The Labute approximate surface area is 106 Å². The molecule has 1 fully saturated rings. The molecule has 0 radical (unpaired) electrons. The Morgan fingerprint density at radius 3 is 2.41 bits per heavy atom. The Balaban J connectivity index is 2.33. The first-order chi connectivity index (χ1) is 8.01. The predicted molar refractivity (Wildman–Crippen MR) is 71.6 cm³/mol. The summed E-state index contributed by atoms with van der Waals surface area (Å²) in [6, 6.07) is 0. The molecule has 1 aliphatic carbocycles. The highest BCUT2D eigenvalue weighted by Gasteiger charge is 2.30. The zero-order valence-corrected chi connectivity index (χ0v) is 11.6. The first-order valence-electron chi connectivity index (χ1n) is 7.00. The Morgan fingerprint density at radius 2 is 1.94 bits per heavy atom. The highest BCUT2D eigenvalue weighted by atomic mass is 16.2. The monoisotopic (exact) mass is 240 g/mol. The van der Waals surface area contributed by atoms with Crippen LogP contribution in [0.3, 0.4) is 0 Å². The molecule has 0 aromatic carbocycles. The summed E-state index contributed by atoms with van der Waals surface area (Å²) in [5.41, 5.74) is 5.30. The molecule has 1 amide bonds. The van der Waals surface area contributed by atoms with Gasteiger partial charge >= 0.3 is 0 Å². The predicted octanol–water partition coefficient (Wildman–Crippen LogP) is 2.30. The van der Waals surface area contributed by atoms with Crippen LogP contribution in [0, 0.1) is 17.3 Å². The number of carbonyl (C=O) groups excluding carboxylic acids is 1. The standard InChI is InChI=1S/C14H28N2O/c1-4-14(3,10-15)13(17)16-9-12-7-5-11(2)6-8-12/h11-12H,4-10,15H2,1-3H3,(H,16,17). The smallest absolute Gasteiger partial charge is 0.227 e. The SMILES string of the molecule is CCC(C)(CN)C(=O)NCC1CCC(C)CC1. The zero-order chi connectivity index (χ0) is 12.9. The summed E-state index contributed by atoms with van der Waals surface area (Å²) in [5, 5.41) is 3.09. The average molecular weight is 240 g/mol. The molecule has 0 saturated heterocycles. The van der Waals surface area contributed by atoms with Gasteiger partial charge in [0.2, 0.25) is 5.91 Å². The van der Waals surface area contributed by atoms with Crippen molar-refractivity contribution in [3.63, 3.8) is 0 Å². The number of nitrogens with two attached hydrogens (primary N) is 1. The van der Waals surface area contributed by atoms with E-state index in [0.29, 0.717) is 12.5 Å². The van der Waals surface area contributed by atoms with Crippen molar-refractivity contribution < 1.29 is 4.79 Å². The van der Waals surface area contributed by atoms with Gasteiger partial charge in [-0.2, -0.15) is 0 Å². The van der Waals surface area contributed by atoms with Crippen LogP contribution in [0.2, 0.25) is 0 Å². The summed E-state index contributed by atoms with van der Waals surface area (Å²) >= 11 is 0. The minimum Gasteiger partial charge on any atom is -0.355 e. The van der Waals surface area contributed by atoms with Crippen LogP contribution >= 0.6 is 0 Å². The van der Waals surface area contributed by atoms with Crippen LogP contribution in [-0.2, 0) is 4.79 Å². The number of carbonyl (C=O) groups is 1. The molecule has 0 aliphatic heterocycles. The van der Waals surface area contributed by atoms with Gasteiger partial charge in [-0.25, -0.2) is 0 Å². The summed E-state index contributed by atoms with van der Waals surface area (Å²) in [4.78, 5) is 12.0. The molecule has 3 heteroatoms. The number of hydrogen-bond donors (Lipinski definition) is 2. The molecule has 1 unspecified atom stereocenters. The lowest BCUT2D eigenvalue weighted by Crippen LogP contribution is -2.45. The first kappa shape index (κ1) is 14.5. The second-order valence-corrected chi connectivity index (χ2v) is 5.95. The maximum Gasteiger partial charge on any atom is 0.227 e. The van der Waals surface area contributed by atoms with E-state index in [4.69, 9.17) is 5.73 Å². The van der Waals surface area contributed by atoms with Crippen LogP contribution in [0.5, 0.6) is 0 Å². The van der Waals surface area contributed by atoms with Crippen molar-refractivity contribution in [1.29, 1.82) is 0 Å². The summed E-state index contributed by atoms with van der Waals surface area (Å²) < 4.78 is 0. The minimum atomic E-state index is -0.387. The van der Waals surface area contributed by atoms with Crippen molar-refractivity contribution in [3.05, 3.63) is 0 Å². The molecule has 1 atom stereocenters. The molecular weight excluding hydrogens is 212 g/mol. The molecule has 0 heterocycles. The van der Waals surface area contributed by atoms with Crippen LogP contribution in [0.1, 0.15) is 52.9 Å². The topological polar surface area (TPSA) is 55.1 Å². The molecule has 0 bridgehead atoms.